The molecular weight excluding hydrogens is 404 g/mol. The summed E-state index contributed by atoms with van der Waals surface area (Å²) in [6.07, 6.45) is 6.30. The Morgan fingerprint density at radius 1 is 1.03 bits per heavy atom. The molecule has 2 aromatic rings. The van der Waals surface area contributed by atoms with E-state index in [1.165, 1.54) is 0 Å². The number of hydrogen-bond donors (Lipinski definition) is 1. The summed E-state index contributed by atoms with van der Waals surface area (Å²) < 4.78 is 18.2. The zero-order valence-corrected chi connectivity index (χ0v) is 18.8. The number of hydrogen-bond acceptors (Lipinski definition) is 4. The van der Waals surface area contributed by atoms with E-state index in [9.17, 15) is 9.90 Å². The average molecular weight is 439 g/mol. The lowest BCUT2D eigenvalue weighted by molar-refractivity contribution is -0.145. The summed E-state index contributed by atoms with van der Waals surface area (Å²) in [5, 5.41) is 9.54. The molecule has 172 valence electrons. The van der Waals surface area contributed by atoms with Crippen LogP contribution in [0.4, 0.5) is 0 Å². The molecule has 5 unspecified atom stereocenters. The van der Waals surface area contributed by atoms with E-state index in [0.717, 1.165) is 49.8 Å². The van der Waals surface area contributed by atoms with Gasteiger partial charge in [-0.1, -0.05) is 50.1 Å². The first-order valence-corrected chi connectivity index (χ1v) is 12.0. The van der Waals surface area contributed by atoms with Crippen LogP contribution in [0.15, 0.2) is 54.6 Å². The Morgan fingerprint density at radius 2 is 1.78 bits per heavy atom. The average Bonchev–Trinajstić information content (AvgIpc) is 3.40. The number of rotatable bonds is 12. The normalized spacial score (nSPS) is 24.9. The van der Waals surface area contributed by atoms with Crippen LogP contribution in [-0.2, 0) is 16.0 Å². The maximum atomic E-state index is 11.6. The minimum Gasteiger partial charge on any atom is -0.493 e. The maximum Gasteiger partial charge on any atom is 0.344 e. The van der Waals surface area contributed by atoms with E-state index in [0.29, 0.717) is 30.6 Å². The van der Waals surface area contributed by atoms with Crippen molar-refractivity contribution in [1.29, 1.82) is 0 Å². The lowest BCUT2D eigenvalue weighted by atomic mass is 9.76. The second-order valence-electron chi connectivity index (χ2n) is 9.03. The number of unbranched alkanes of at least 4 members (excludes halogenated alkanes) is 2. The zero-order valence-electron chi connectivity index (χ0n) is 18.8. The first-order valence-electron chi connectivity index (χ1n) is 12.0. The molecule has 0 radical (unpaired) electrons. The van der Waals surface area contributed by atoms with Gasteiger partial charge < -0.3 is 19.3 Å². The van der Waals surface area contributed by atoms with Gasteiger partial charge in [0.25, 0.3) is 0 Å². The van der Waals surface area contributed by atoms with Crippen LogP contribution in [0, 0.1) is 11.8 Å². The van der Waals surface area contributed by atoms with Crippen LogP contribution in [0.5, 0.6) is 11.5 Å². The molecule has 2 bridgehead atoms. The number of carboxylic acids is 1. The summed E-state index contributed by atoms with van der Waals surface area (Å²) in [5.41, 5.74) is 1.16. The first kappa shape index (κ1) is 22.7. The fraction of sp³-hybridized carbons (Fsp3) is 0.519. The monoisotopic (exact) mass is 438 g/mol. The number of ether oxygens (including phenoxy) is 3. The summed E-state index contributed by atoms with van der Waals surface area (Å²) in [5.74, 6) is 1.39. The van der Waals surface area contributed by atoms with E-state index in [1.807, 2.05) is 48.5 Å². The van der Waals surface area contributed by atoms with Gasteiger partial charge in [-0.15, -0.1) is 0 Å². The molecule has 32 heavy (non-hydrogen) atoms. The highest BCUT2D eigenvalue weighted by Crippen LogP contribution is 2.45. The molecule has 0 saturated carbocycles. The fourth-order valence-corrected chi connectivity index (χ4v) is 5.09. The van der Waals surface area contributed by atoms with Gasteiger partial charge in [0.1, 0.15) is 11.5 Å². The number of carboxylic acid groups (broad SMARTS) is 1. The Bertz CT molecular complexity index is 867. The van der Waals surface area contributed by atoms with Crippen LogP contribution in [-0.4, -0.2) is 36.0 Å². The lowest BCUT2D eigenvalue weighted by Gasteiger charge is -2.28. The molecule has 0 amide bonds. The topological polar surface area (TPSA) is 65.0 Å². The molecule has 1 N–H and O–H groups in total. The molecule has 2 aromatic carbocycles. The summed E-state index contributed by atoms with van der Waals surface area (Å²) in [6, 6.07) is 17.9. The van der Waals surface area contributed by atoms with Gasteiger partial charge >= 0.3 is 5.97 Å². The van der Waals surface area contributed by atoms with E-state index in [1.54, 1.807) is 0 Å². The Balaban J connectivity index is 1.39. The summed E-state index contributed by atoms with van der Waals surface area (Å²) >= 11 is 0. The van der Waals surface area contributed by atoms with Gasteiger partial charge in [-0.3, -0.25) is 0 Å². The predicted molar refractivity (Wildman–Crippen MR) is 123 cm³/mol. The minimum atomic E-state index is -0.897. The molecule has 5 nitrogen and oxygen atoms in total. The Kier molecular flexibility index (Phi) is 7.69. The van der Waals surface area contributed by atoms with Gasteiger partial charge in [-0.05, 0) is 67.9 Å². The van der Waals surface area contributed by atoms with Crippen molar-refractivity contribution in [3.8, 4) is 11.5 Å². The van der Waals surface area contributed by atoms with Gasteiger partial charge in [0.15, 0.2) is 6.10 Å². The molecule has 2 saturated heterocycles. The standard InChI is InChI=1S/C27H34O5/c1-2-3-5-13-26(27(28)29)31-21-12-8-9-19(16-21)17-22-23(25-15-14-24(22)32-25)18-30-20-10-6-4-7-11-20/h4,6-12,16,22-26H,2-3,5,13-15,17-18H2,1H3,(H,28,29). The van der Waals surface area contributed by atoms with Gasteiger partial charge in [0, 0.05) is 5.92 Å². The van der Waals surface area contributed by atoms with Gasteiger partial charge in [0.05, 0.1) is 18.8 Å². The molecule has 2 heterocycles. The predicted octanol–water partition coefficient (Wildman–Crippen LogP) is 5.51. The first-order chi connectivity index (χ1) is 15.6. The highest BCUT2D eigenvalue weighted by molar-refractivity contribution is 5.72. The van der Waals surface area contributed by atoms with Crippen molar-refractivity contribution in [2.75, 3.05) is 6.61 Å². The van der Waals surface area contributed by atoms with Crippen molar-refractivity contribution < 1.29 is 24.1 Å². The second kappa shape index (κ2) is 10.9. The molecule has 4 rings (SSSR count). The van der Waals surface area contributed by atoms with Gasteiger partial charge in [-0.2, -0.15) is 0 Å². The number of aliphatic carboxylic acids is 1. The van der Waals surface area contributed by atoms with E-state index in [4.69, 9.17) is 14.2 Å². The Hall–Kier alpha value is -2.53. The molecule has 5 atom stereocenters. The quantitative estimate of drug-likeness (QED) is 0.443. The third kappa shape index (κ3) is 5.63. The van der Waals surface area contributed by atoms with E-state index >= 15 is 0 Å². The highest BCUT2D eigenvalue weighted by Gasteiger charge is 2.48. The van der Waals surface area contributed by atoms with Crippen molar-refractivity contribution in [1.82, 2.24) is 0 Å². The fourth-order valence-electron chi connectivity index (χ4n) is 5.09. The van der Waals surface area contributed by atoms with Crippen molar-refractivity contribution in [3.63, 3.8) is 0 Å². The van der Waals surface area contributed by atoms with Crippen LogP contribution in [0.3, 0.4) is 0 Å². The summed E-state index contributed by atoms with van der Waals surface area (Å²) in [6.45, 7) is 2.77. The summed E-state index contributed by atoms with van der Waals surface area (Å²) in [7, 11) is 0. The van der Waals surface area contributed by atoms with Crippen LogP contribution < -0.4 is 9.47 Å². The summed E-state index contributed by atoms with van der Waals surface area (Å²) in [4.78, 5) is 11.6. The third-order valence-electron chi connectivity index (χ3n) is 6.77. The molecule has 2 aliphatic heterocycles. The van der Waals surface area contributed by atoms with E-state index < -0.39 is 12.1 Å². The number of carbonyl (C=O) groups is 1. The molecule has 0 spiro atoms. The maximum absolute atomic E-state index is 11.6. The van der Waals surface area contributed by atoms with Crippen LogP contribution in [0.1, 0.15) is 51.0 Å². The Labute approximate surface area is 190 Å². The molecule has 5 heteroatoms. The smallest absolute Gasteiger partial charge is 0.344 e. The SMILES string of the molecule is CCCCCC(Oc1cccc(CC2C3CCC(O3)C2COc2ccccc2)c1)C(=O)O. The van der Waals surface area contributed by atoms with Crippen LogP contribution in [0.25, 0.3) is 0 Å². The molecule has 2 aliphatic rings. The number of benzene rings is 2. The van der Waals surface area contributed by atoms with Crippen LogP contribution >= 0.6 is 0 Å². The van der Waals surface area contributed by atoms with Crippen LogP contribution in [0.2, 0.25) is 0 Å². The largest absolute Gasteiger partial charge is 0.493 e. The van der Waals surface area contributed by atoms with Crippen molar-refractivity contribution in [2.24, 2.45) is 11.8 Å². The Morgan fingerprint density at radius 3 is 2.53 bits per heavy atom. The lowest BCUT2D eigenvalue weighted by Crippen LogP contribution is -2.33. The third-order valence-corrected chi connectivity index (χ3v) is 6.77. The molecule has 0 aromatic heterocycles. The van der Waals surface area contributed by atoms with E-state index in [-0.39, 0.29) is 12.2 Å². The van der Waals surface area contributed by atoms with Crippen molar-refractivity contribution in [2.45, 2.75) is 70.2 Å². The number of para-hydroxylation sites is 1. The minimum absolute atomic E-state index is 0.267. The number of fused-ring (bicyclic) bond motifs is 2. The molecule has 2 fully saturated rings. The van der Waals surface area contributed by atoms with Crippen molar-refractivity contribution >= 4 is 5.97 Å². The zero-order chi connectivity index (χ0) is 22.3. The van der Waals surface area contributed by atoms with Crippen molar-refractivity contribution in [3.05, 3.63) is 60.2 Å². The second-order valence-corrected chi connectivity index (χ2v) is 9.03. The molecule has 0 aliphatic carbocycles. The highest BCUT2D eigenvalue weighted by atomic mass is 16.5. The van der Waals surface area contributed by atoms with Gasteiger partial charge in [-0.25, -0.2) is 4.79 Å². The molecular formula is C27H34O5. The van der Waals surface area contributed by atoms with Gasteiger partial charge in [0.2, 0.25) is 0 Å². The van der Waals surface area contributed by atoms with E-state index in [2.05, 4.69) is 13.0 Å².